The second-order valence-corrected chi connectivity index (χ2v) is 35.3. The summed E-state index contributed by atoms with van der Waals surface area (Å²) in [4.78, 5) is 92.7. The van der Waals surface area contributed by atoms with E-state index < -0.39 is 308 Å². The van der Waals surface area contributed by atoms with Gasteiger partial charge in [0.1, 0.15) is 141 Å². The van der Waals surface area contributed by atoms with Crippen molar-refractivity contribution in [2.75, 3.05) is 46.2 Å². The van der Waals surface area contributed by atoms with E-state index in [1.54, 1.807) is 11.4 Å². The zero-order valence-corrected chi connectivity index (χ0v) is 76.3. The van der Waals surface area contributed by atoms with Gasteiger partial charge >= 0.3 is 24.0 Å². The van der Waals surface area contributed by atoms with Crippen molar-refractivity contribution < 1.29 is 202 Å². The van der Waals surface area contributed by atoms with E-state index in [1.807, 2.05) is 0 Å². The molecular weight excluding hydrogens is 1760 g/mol. The van der Waals surface area contributed by atoms with Gasteiger partial charge in [0.05, 0.1) is 76.1 Å². The molecule has 0 aromatic rings. The lowest BCUT2D eigenvalue weighted by Crippen LogP contribution is -2.73. The number of amides is 4. The maximum atomic E-state index is 14.6. The van der Waals surface area contributed by atoms with E-state index in [0.717, 1.165) is 91.4 Å². The molecule has 132 heavy (non-hydrogen) atoms. The number of carboxylic acids is 2. The van der Waals surface area contributed by atoms with Crippen LogP contribution in [-0.4, -0.2) is 403 Å². The van der Waals surface area contributed by atoms with Crippen LogP contribution in [0.1, 0.15) is 240 Å². The van der Waals surface area contributed by atoms with Gasteiger partial charge in [-0.25, -0.2) is 14.4 Å². The minimum atomic E-state index is -3.85. The van der Waals surface area contributed by atoms with Crippen LogP contribution in [0.25, 0.3) is 0 Å². The molecule has 0 radical (unpaired) electrons. The average Bonchev–Trinajstić information content (AvgIpc) is 0.736. The monoisotopic (exact) mass is 1910 g/mol. The number of carbonyl (C=O) groups is 7. The summed E-state index contributed by atoms with van der Waals surface area (Å²) in [5.41, 5.74) is 0. The lowest BCUT2D eigenvalue weighted by Gasteiger charge is -2.53. The average molecular weight is 1910 g/mol. The number of unbranched alkanes of at least 4 members (excludes halogenated alkanes) is 27. The summed E-state index contributed by atoms with van der Waals surface area (Å²) in [6, 6.07) is -7.68. The van der Waals surface area contributed by atoms with E-state index in [-0.39, 0.29) is 6.42 Å². The van der Waals surface area contributed by atoms with E-state index in [1.165, 1.54) is 109 Å². The topological polar surface area (TPSA) is 712 Å². The van der Waals surface area contributed by atoms with Gasteiger partial charge in [0.2, 0.25) is 17.7 Å². The molecular formula is C87H152N4O41. The van der Waals surface area contributed by atoms with Crippen LogP contribution in [0.4, 0.5) is 4.79 Å². The highest BCUT2D eigenvalue weighted by Gasteiger charge is 2.65. The van der Waals surface area contributed by atoms with Gasteiger partial charge in [-0.05, 0) is 19.3 Å². The maximum absolute atomic E-state index is 14.6. The lowest BCUT2D eigenvalue weighted by atomic mass is 9.86. The zero-order chi connectivity index (χ0) is 97.5. The standard InChI is InChI=1S/C87H152N4O41/c1-6-8-10-12-14-16-18-20-22-24-26-28-30-32-34-36-51(100)50(90-60(105)37-35-33-31-29-27-25-23-21-19-17-15-13-11-9-7-2)45-121-80-70(112)68(110)73(58(43-95)124-80)126-82-71(113)78(74(59(44-96)125-82)127-79-63(89-48(4)98)75(66(108)57(42-94)122-79)128-81-69(111)67(109)65(107)56(41-93)123-81)132-87(84(116)117)39-53(102)62(91-85(118)119)77(131-87)72(54(103)40-92)129-86(83(114)115)38-52(101)61(88-47(3)97)76(130-86)64(106)55(104)46-120-49(5)99/h34,36,50-59,61-82,91-96,100-104,106-113H,6-33,35,37-46H2,1-5H3,(H,88,97)(H,89,98)(H,90,105)(H,114,115)(H,116,117)(H,118,119)/b36-34+/t50-,51+,52+,53+,54-,55-,56-,57-,58-,59-,61-,62-,63-,64-,65+,66+,67+,68-,69-,70-,71-,72-,73-,74+,75-,76-,77-,78-,79+,80-,81+,82+,86-,87+/m1/s1. The normalized spacial score (nSPS) is 34.2. The van der Waals surface area contributed by atoms with Crippen molar-refractivity contribution in [3.63, 3.8) is 0 Å². The third kappa shape index (κ3) is 34.6. The second kappa shape index (κ2) is 59.2. The van der Waals surface area contributed by atoms with Crippen LogP contribution in [0, 0.1) is 0 Å². The van der Waals surface area contributed by atoms with E-state index in [9.17, 15) is 141 Å². The molecule has 0 bridgehead atoms. The molecule has 4 amide bonds. The Balaban J connectivity index is 1.36. The van der Waals surface area contributed by atoms with Crippen LogP contribution in [0.3, 0.4) is 0 Å². The first-order chi connectivity index (χ1) is 62.9. The van der Waals surface area contributed by atoms with Gasteiger partial charge in [-0.3, -0.25) is 19.2 Å². The Kier molecular flexibility index (Phi) is 51.7. The van der Waals surface area contributed by atoms with Crippen molar-refractivity contribution in [2.24, 2.45) is 0 Å². The fourth-order valence-corrected chi connectivity index (χ4v) is 17.4. The summed E-state index contributed by atoms with van der Waals surface area (Å²) < 4.78 is 77.3. The van der Waals surface area contributed by atoms with Gasteiger partial charge in [0, 0.05) is 40.0 Å². The zero-order valence-electron chi connectivity index (χ0n) is 76.3. The van der Waals surface area contributed by atoms with E-state index in [0.29, 0.717) is 12.8 Å². The minimum absolute atomic E-state index is 0.0697. The quantitative estimate of drug-likeness (QED) is 0.0172. The number of aliphatic hydroxyl groups is 18. The third-order valence-corrected chi connectivity index (χ3v) is 24.8. The summed E-state index contributed by atoms with van der Waals surface area (Å²) in [7, 11) is 0. The van der Waals surface area contributed by atoms with Gasteiger partial charge in [0.25, 0.3) is 11.6 Å². The summed E-state index contributed by atoms with van der Waals surface area (Å²) in [6.45, 7) is -1.06. The molecule has 0 aromatic carbocycles. The molecule has 6 aliphatic rings. The molecule has 25 N–H and O–H groups in total. The van der Waals surface area contributed by atoms with Crippen LogP contribution in [0.5, 0.6) is 0 Å². The fraction of sp³-hybridized carbons (Fsp3) is 0.897. The molecule has 45 heteroatoms. The number of carbonyl (C=O) groups excluding carboxylic acids is 4. The van der Waals surface area contributed by atoms with Crippen molar-refractivity contribution >= 4 is 41.7 Å². The molecule has 6 fully saturated rings. The predicted molar refractivity (Wildman–Crippen MR) is 456 cm³/mol. The van der Waals surface area contributed by atoms with E-state index >= 15 is 0 Å². The Bertz CT molecular complexity index is 3360. The van der Waals surface area contributed by atoms with Crippen molar-refractivity contribution in [1.29, 1.82) is 0 Å². The van der Waals surface area contributed by atoms with E-state index in [2.05, 4.69) is 29.8 Å². The maximum Gasteiger partial charge on any atom is 0.405 e. The van der Waals surface area contributed by atoms with Crippen molar-refractivity contribution in [3.8, 4) is 0 Å². The van der Waals surface area contributed by atoms with Gasteiger partial charge in [-0.2, -0.15) is 0 Å². The van der Waals surface area contributed by atoms with Gasteiger partial charge in [0.15, 0.2) is 25.2 Å². The molecule has 766 valence electrons. The summed E-state index contributed by atoms with van der Waals surface area (Å²) >= 11 is 0. The number of carboxylic acid groups (broad SMARTS) is 3. The Morgan fingerprint density at radius 2 is 0.864 bits per heavy atom. The number of aliphatic carboxylic acids is 2. The van der Waals surface area contributed by atoms with Crippen molar-refractivity contribution in [3.05, 3.63) is 12.2 Å². The fourth-order valence-electron chi connectivity index (χ4n) is 17.4. The number of nitrogens with one attached hydrogen (secondary N) is 4. The Labute approximate surface area is 768 Å². The summed E-state index contributed by atoms with van der Waals surface area (Å²) in [5.74, 6) is -15.7. The van der Waals surface area contributed by atoms with Crippen LogP contribution in [0.15, 0.2) is 12.2 Å². The number of esters is 1. The lowest BCUT2D eigenvalue weighted by molar-refractivity contribution is -0.407. The number of hydrogen-bond acceptors (Lipinski definition) is 38. The smallest absolute Gasteiger partial charge is 0.405 e. The first-order valence-electron chi connectivity index (χ1n) is 46.8. The first kappa shape index (κ1) is 115. The molecule has 0 saturated carbocycles. The van der Waals surface area contributed by atoms with E-state index in [4.69, 9.17) is 61.6 Å². The Morgan fingerprint density at radius 1 is 0.432 bits per heavy atom. The van der Waals surface area contributed by atoms with Gasteiger partial charge in [-0.15, -0.1) is 0 Å². The number of ether oxygens (including phenoxy) is 13. The molecule has 34 atom stereocenters. The highest BCUT2D eigenvalue weighted by atomic mass is 16.8. The molecule has 0 aromatic heterocycles. The Morgan fingerprint density at radius 3 is 1.36 bits per heavy atom. The summed E-state index contributed by atoms with van der Waals surface area (Å²) in [6.07, 6.45) is -34.3. The molecule has 6 aliphatic heterocycles. The highest BCUT2D eigenvalue weighted by molar-refractivity contribution is 5.78. The second-order valence-electron chi connectivity index (χ2n) is 35.3. The number of hydrogen-bond donors (Lipinski definition) is 25. The van der Waals surface area contributed by atoms with Gasteiger partial charge < -0.3 is 190 Å². The van der Waals surface area contributed by atoms with Crippen LogP contribution < -0.4 is 21.3 Å². The SMILES string of the molecule is CCCCCCCCCCCCCCC/C=C/[C@H](O)[C@@H](CO[C@@H]1O[C@H](CO)[C@@H](O[C@@H]2O[C@H](CO)[C@H](O[C@@H]3O[C@H](CO)[C@H](O)[C@H](O[C@@H]4O[C@H](CO)[C@H](O)[C@H](O)[C@H]4O)[C@H]3NC(C)=O)[C@H](O[C@]3(C(=O)O)C[C@H](O)[C@@H](NC(=O)O)[C@H]([C@H](O[C@]4(C(=O)O)C[C@H](O)[C@@H](NC(C)=O)[C@H]([C@H](O)[C@H](O)COC(C)=O)O4)[C@H](O)CO)O3)[C@H]2O)[C@H](O)[C@H]1O)NC(=O)CCCCCCCCCCCCCCCCC. The number of allylic oxidation sites excluding steroid dienone is 1. The molecule has 6 heterocycles. The van der Waals surface area contributed by atoms with Crippen LogP contribution >= 0.6 is 0 Å². The Hall–Kier alpha value is -5.37. The van der Waals surface area contributed by atoms with Gasteiger partial charge in [-0.1, -0.05) is 193 Å². The molecule has 0 spiro atoms. The molecule has 6 rings (SSSR count). The molecule has 6 saturated heterocycles. The number of rotatable bonds is 62. The number of aliphatic hydroxyl groups excluding tert-OH is 18. The molecule has 45 nitrogen and oxygen atoms in total. The summed E-state index contributed by atoms with van der Waals surface area (Å²) in [5, 5.41) is 249. The molecule has 0 unspecified atom stereocenters. The van der Waals surface area contributed by atoms with Crippen molar-refractivity contribution in [1.82, 2.24) is 21.3 Å². The third-order valence-electron chi connectivity index (χ3n) is 24.8. The largest absolute Gasteiger partial charge is 0.477 e. The van der Waals surface area contributed by atoms with Crippen molar-refractivity contribution in [2.45, 2.75) is 447 Å². The predicted octanol–water partition coefficient (Wildman–Crippen LogP) is -2.39. The van der Waals surface area contributed by atoms with Crippen LogP contribution in [-0.2, 0) is 90.3 Å². The van der Waals surface area contributed by atoms with Crippen LogP contribution in [0.2, 0.25) is 0 Å². The minimum Gasteiger partial charge on any atom is -0.477 e. The molecule has 0 aliphatic carbocycles. The highest BCUT2D eigenvalue weighted by Crippen LogP contribution is 2.44. The first-order valence-corrected chi connectivity index (χ1v) is 46.8.